The normalized spacial score (nSPS) is 43.0. The fourth-order valence-corrected chi connectivity index (χ4v) is 6.81. The van der Waals surface area contributed by atoms with Crippen molar-refractivity contribution in [3.05, 3.63) is 0 Å². The maximum atomic E-state index is 4.18. The van der Waals surface area contributed by atoms with E-state index in [2.05, 4.69) is 5.32 Å². The molecule has 4 aliphatic carbocycles. The zero-order valence-corrected chi connectivity index (χ0v) is 15.3. The molecular formula is C22H39N. The van der Waals surface area contributed by atoms with Crippen molar-refractivity contribution < 1.29 is 0 Å². The zero-order chi connectivity index (χ0) is 15.5. The number of rotatable bonds is 3. The molecule has 132 valence electrons. The van der Waals surface area contributed by atoms with Crippen molar-refractivity contribution in [1.82, 2.24) is 5.32 Å². The van der Waals surface area contributed by atoms with Gasteiger partial charge in [-0.25, -0.2) is 0 Å². The van der Waals surface area contributed by atoms with Gasteiger partial charge in [0.05, 0.1) is 0 Å². The van der Waals surface area contributed by atoms with Gasteiger partial charge in [-0.3, -0.25) is 0 Å². The Morgan fingerprint density at radius 2 is 1.04 bits per heavy atom. The Labute approximate surface area is 144 Å². The van der Waals surface area contributed by atoms with Crippen LogP contribution in [0.25, 0.3) is 0 Å². The summed E-state index contributed by atoms with van der Waals surface area (Å²) < 4.78 is 0. The molecule has 1 nitrogen and oxygen atoms in total. The van der Waals surface area contributed by atoms with Crippen LogP contribution >= 0.6 is 0 Å². The molecule has 0 saturated heterocycles. The smallest absolute Gasteiger partial charge is 0.0101 e. The standard InChI is InChI=1S/C22H39N/c1-2-7-17(8-3-1)18-13-15-20(16-14-18)23-22-12-6-10-19-9-4-5-11-21(19)22/h17-23H,1-16H2. The minimum atomic E-state index is 0.862. The fraction of sp³-hybridized carbons (Fsp3) is 1.00. The van der Waals surface area contributed by atoms with Crippen molar-refractivity contribution in [1.29, 1.82) is 0 Å². The molecule has 3 atom stereocenters. The van der Waals surface area contributed by atoms with Crippen LogP contribution in [0.1, 0.15) is 103 Å². The molecule has 4 aliphatic rings. The van der Waals surface area contributed by atoms with Gasteiger partial charge in [-0.1, -0.05) is 64.2 Å². The number of hydrogen-bond acceptors (Lipinski definition) is 1. The Morgan fingerprint density at radius 1 is 0.435 bits per heavy atom. The van der Waals surface area contributed by atoms with Crippen molar-refractivity contribution in [2.24, 2.45) is 23.7 Å². The number of hydrogen-bond donors (Lipinski definition) is 1. The quantitative estimate of drug-likeness (QED) is 0.665. The molecule has 0 aliphatic heterocycles. The third-order valence-electron chi connectivity index (χ3n) is 8.11. The number of nitrogens with one attached hydrogen (secondary N) is 1. The largest absolute Gasteiger partial charge is 0.311 e. The molecule has 0 aromatic rings. The molecule has 0 bridgehead atoms. The van der Waals surface area contributed by atoms with Crippen molar-refractivity contribution >= 4 is 0 Å². The Kier molecular flexibility index (Phi) is 5.64. The highest BCUT2D eigenvalue weighted by Gasteiger charge is 2.36. The summed E-state index contributed by atoms with van der Waals surface area (Å²) in [5, 5.41) is 4.18. The molecule has 0 radical (unpaired) electrons. The zero-order valence-electron chi connectivity index (χ0n) is 15.3. The first-order valence-electron chi connectivity index (χ1n) is 11.2. The Balaban J connectivity index is 1.25. The Hall–Kier alpha value is -0.0400. The average molecular weight is 318 g/mol. The molecule has 1 N–H and O–H groups in total. The van der Waals surface area contributed by atoms with Crippen LogP contribution in [0.4, 0.5) is 0 Å². The van der Waals surface area contributed by atoms with Gasteiger partial charge in [0.15, 0.2) is 0 Å². The van der Waals surface area contributed by atoms with Gasteiger partial charge < -0.3 is 5.32 Å². The molecule has 1 heteroatoms. The summed E-state index contributed by atoms with van der Waals surface area (Å²) in [5.74, 6) is 4.30. The first kappa shape index (κ1) is 16.4. The van der Waals surface area contributed by atoms with Crippen LogP contribution in [0.5, 0.6) is 0 Å². The summed E-state index contributed by atoms with van der Waals surface area (Å²) in [6.45, 7) is 0. The van der Waals surface area contributed by atoms with Crippen molar-refractivity contribution in [2.45, 2.75) is 115 Å². The predicted molar refractivity (Wildman–Crippen MR) is 98.5 cm³/mol. The third-order valence-corrected chi connectivity index (χ3v) is 8.11. The minimum Gasteiger partial charge on any atom is -0.311 e. The molecule has 0 aromatic carbocycles. The van der Waals surface area contributed by atoms with Crippen LogP contribution in [0.15, 0.2) is 0 Å². The predicted octanol–water partition coefficient (Wildman–Crippen LogP) is 6.07. The van der Waals surface area contributed by atoms with Gasteiger partial charge in [-0.2, -0.15) is 0 Å². The molecule has 0 heterocycles. The van der Waals surface area contributed by atoms with Crippen LogP contribution < -0.4 is 5.32 Å². The second kappa shape index (κ2) is 7.89. The highest BCUT2D eigenvalue weighted by atomic mass is 15.0. The number of fused-ring (bicyclic) bond motifs is 1. The van der Waals surface area contributed by atoms with E-state index in [1.807, 2.05) is 0 Å². The Morgan fingerprint density at radius 3 is 1.87 bits per heavy atom. The summed E-state index contributed by atoms with van der Waals surface area (Å²) >= 11 is 0. The van der Waals surface area contributed by atoms with E-state index in [0.29, 0.717) is 0 Å². The molecule has 0 amide bonds. The molecule has 4 rings (SSSR count). The maximum absolute atomic E-state index is 4.18. The fourth-order valence-electron chi connectivity index (χ4n) is 6.81. The van der Waals surface area contributed by atoms with E-state index < -0.39 is 0 Å². The molecule has 0 aromatic heterocycles. The lowest BCUT2D eigenvalue weighted by atomic mass is 9.67. The van der Waals surface area contributed by atoms with E-state index >= 15 is 0 Å². The van der Waals surface area contributed by atoms with Crippen LogP contribution in [0, 0.1) is 23.7 Å². The second-order valence-electron chi connectivity index (χ2n) is 9.42. The van der Waals surface area contributed by atoms with E-state index in [1.54, 1.807) is 12.8 Å². The molecule has 4 saturated carbocycles. The molecular weight excluding hydrogens is 278 g/mol. The van der Waals surface area contributed by atoms with Gasteiger partial charge in [-0.15, -0.1) is 0 Å². The second-order valence-corrected chi connectivity index (χ2v) is 9.42. The van der Waals surface area contributed by atoms with Crippen molar-refractivity contribution in [3.8, 4) is 0 Å². The first-order chi connectivity index (χ1) is 11.4. The summed E-state index contributed by atoms with van der Waals surface area (Å²) in [4.78, 5) is 0. The molecule has 4 fully saturated rings. The van der Waals surface area contributed by atoms with Crippen LogP contribution in [-0.2, 0) is 0 Å². The van der Waals surface area contributed by atoms with E-state index in [4.69, 9.17) is 0 Å². The van der Waals surface area contributed by atoms with E-state index in [1.165, 1.54) is 89.9 Å². The van der Waals surface area contributed by atoms with Crippen molar-refractivity contribution in [2.75, 3.05) is 0 Å². The lowest BCUT2D eigenvalue weighted by Gasteiger charge is -2.44. The third kappa shape index (κ3) is 3.97. The minimum absolute atomic E-state index is 0.862. The van der Waals surface area contributed by atoms with E-state index in [0.717, 1.165) is 35.8 Å². The molecule has 0 spiro atoms. The van der Waals surface area contributed by atoms with Gasteiger partial charge in [0.25, 0.3) is 0 Å². The van der Waals surface area contributed by atoms with Crippen molar-refractivity contribution in [3.63, 3.8) is 0 Å². The molecule has 23 heavy (non-hydrogen) atoms. The summed E-state index contributed by atoms with van der Waals surface area (Å²) in [6.07, 6.45) is 24.3. The Bertz CT molecular complexity index is 349. The van der Waals surface area contributed by atoms with E-state index in [9.17, 15) is 0 Å². The highest BCUT2D eigenvalue weighted by molar-refractivity contribution is 4.92. The lowest BCUT2D eigenvalue weighted by molar-refractivity contribution is 0.104. The lowest BCUT2D eigenvalue weighted by Crippen LogP contribution is -2.49. The first-order valence-corrected chi connectivity index (χ1v) is 11.2. The van der Waals surface area contributed by atoms with Gasteiger partial charge in [-0.05, 0) is 62.2 Å². The molecule has 3 unspecified atom stereocenters. The average Bonchev–Trinajstić information content (AvgIpc) is 2.63. The highest BCUT2D eigenvalue weighted by Crippen LogP contribution is 2.42. The summed E-state index contributed by atoms with van der Waals surface area (Å²) in [5.41, 5.74) is 0. The summed E-state index contributed by atoms with van der Waals surface area (Å²) in [6, 6.07) is 1.74. The monoisotopic (exact) mass is 317 g/mol. The van der Waals surface area contributed by atoms with Crippen LogP contribution in [-0.4, -0.2) is 12.1 Å². The van der Waals surface area contributed by atoms with Gasteiger partial charge in [0.2, 0.25) is 0 Å². The maximum Gasteiger partial charge on any atom is 0.0101 e. The van der Waals surface area contributed by atoms with Gasteiger partial charge in [0.1, 0.15) is 0 Å². The van der Waals surface area contributed by atoms with Gasteiger partial charge in [0, 0.05) is 12.1 Å². The van der Waals surface area contributed by atoms with Gasteiger partial charge >= 0.3 is 0 Å². The van der Waals surface area contributed by atoms with Crippen LogP contribution in [0.3, 0.4) is 0 Å². The SMILES string of the molecule is C1CCC(C2CCC(NC3CCCC4CCCCC43)CC2)CC1. The summed E-state index contributed by atoms with van der Waals surface area (Å²) in [7, 11) is 0. The van der Waals surface area contributed by atoms with Crippen LogP contribution in [0.2, 0.25) is 0 Å². The topological polar surface area (TPSA) is 12.0 Å². The van der Waals surface area contributed by atoms with E-state index in [-0.39, 0.29) is 0 Å².